The van der Waals surface area contributed by atoms with Crippen LogP contribution in [-0.4, -0.2) is 73.5 Å². The lowest BCUT2D eigenvalue weighted by molar-refractivity contribution is -0.157. The van der Waals surface area contributed by atoms with Crippen LogP contribution in [0.1, 0.15) is 37.9 Å². The van der Waals surface area contributed by atoms with Gasteiger partial charge in [-0.25, -0.2) is 13.6 Å². The summed E-state index contributed by atoms with van der Waals surface area (Å²) in [7, 11) is 0. The van der Waals surface area contributed by atoms with Crippen LogP contribution in [0.2, 0.25) is 0 Å². The van der Waals surface area contributed by atoms with Crippen LogP contribution >= 0.6 is 0 Å². The molecule has 244 valence electrons. The number of hydrogen-bond acceptors (Lipinski definition) is 8. The van der Waals surface area contributed by atoms with Gasteiger partial charge >= 0.3 is 5.97 Å². The van der Waals surface area contributed by atoms with Gasteiger partial charge in [0, 0.05) is 43.5 Å². The summed E-state index contributed by atoms with van der Waals surface area (Å²) in [6.07, 6.45) is 0. The maximum absolute atomic E-state index is 14.2. The van der Waals surface area contributed by atoms with E-state index in [1.165, 1.54) is 12.1 Å². The van der Waals surface area contributed by atoms with Crippen molar-refractivity contribution in [1.29, 1.82) is 5.41 Å². The van der Waals surface area contributed by atoms with Crippen molar-refractivity contribution in [2.24, 2.45) is 5.73 Å². The number of nitrogen functional groups attached to an aromatic ring is 1. The number of rotatable bonds is 11. The number of anilines is 2. The molecule has 4 rings (SSSR count). The third kappa shape index (κ3) is 9.40. The fraction of sp³-hybridized carbons (Fsp3) is 0.333. The van der Waals surface area contributed by atoms with Gasteiger partial charge in [-0.2, -0.15) is 0 Å². The van der Waals surface area contributed by atoms with E-state index in [2.05, 4.69) is 10.6 Å². The van der Waals surface area contributed by atoms with Gasteiger partial charge in [0.2, 0.25) is 11.8 Å². The van der Waals surface area contributed by atoms with Crippen LogP contribution in [0.3, 0.4) is 0 Å². The van der Waals surface area contributed by atoms with Crippen molar-refractivity contribution in [3.8, 4) is 5.75 Å². The Kier molecular flexibility index (Phi) is 10.8. The van der Waals surface area contributed by atoms with Crippen molar-refractivity contribution in [3.05, 3.63) is 89.5 Å². The van der Waals surface area contributed by atoms with Crippen LogP contribution in [-0.2, 0) is 19.1 Å². The first-order chi connectivity index (χ1) is 21.8. The predicted molar refractivity (Wildman–Crippen MR) is 170 cm³/mol. The first kappa shape index (κ1) is 33.7. The minimum atomic E-state index is -1.00. The van der Waals surface area contributed by atoms with Crippen LogP contribution < -0.4 is 26.0 Å². The number of carbonyl (C=O) groups is 3. The molecule has 3 aromatic carbocycles. The minimum Gasteiger partial charge on any atom is -0.482 e. The maximum Gasteiger partial charge on any atom is 0.344 e. The molecule has 0 aromatic heterocycles. The second kappa shape index (κ2) is 14.7. The number of piperazine rings is 1. The number of hydrogen-bond donors (Lipinski definition) is 4. The monoisotopic (exact) mass is 636 g/mol. The fourth-order valence-electron chi connectivity index (χ4n) is 4.85. The van der Waals surface area contributed by atoms with E-state index in [1.807, 2.05) is 0 Å². The molecule has 3 aromatic rings. The largest absolute Gasteiger partial charge is 0.482 e. The molecular formula is C33H38F2N6O5. The normalized spacial score (nSPS) is 13.8. The fourth-order valence-corrected chi connectivity index (χ4v) is 4.85. The van der Waals surface area contributed by atoms with Crippen LogP contribution in [0.5, 0.6) is 5.75 Å². The lowest BCUT2D eigenvalue weighted by Crippen LogP contribution is -2.51. The van der Waals surface area contributed by atoms with E-state index in [0.29, 0.717) is 48.7 Å². The van der Waals surface area contributed by atoms with E-state index in [0.717, 1.165) is 6.07 Å². The van der Waals surface area contributed by atoms with Crippen LogP contribution in [0, 0.1) is 17.0 Å². The second-order valence-electron chi connectivity index (χ2n) is 11.7. The molecule has 1 atom stereocenters. The highest BCUT2D eigenvalue weighted by atomic mass is 19.1. The van der Waals surface area contributed by atoms with Crippen LogP contribution in [0.4, 0.5) is 20.2 Å². The SMILES string of the molecule is CC(C)(C)OC(=O)COc1cccc(C(Nc2cccc(C(=N)N)c2)C(=O)NCC(=O)N2CCN(c3ccc(F)cc3F)CC2)c1. The first-order valence-electron chi connectivity index (χ1n) is 14.7. The quantitative estimate of drug-likeness (QED) is 0.142. The molecule has 0 radical (unpaired) electrons. The zero-order valence-corrected chi connectivity index (χ0v) is 25.9. The van der Waals surface area contributed by atoms with Gasteiger partial charge in [-0.3, -0.25) is 15.0 Å². The van der Waals surface area contributed by atoms with Gasteiger partial charge in [-0.05, 0) is 62.7 Å². The molecule has 1 heterocycles. The molecule has 0 bridgehead atoms. The topological polar surface area (TPSA) is 150 Å². The number of nitrogens with one attached hydrogen (secondary N) is 3. The molecule has 46 heavy (non-hydrogen) atoms. The molecule has 2 amide bonds. The average molecular weight is 637 g/mol. The second-order valence-corrected chi connectivity index (χ2v) is 11.7. The third-order valence-corrected chi connectivity index (χ3v) is 7.01. The van der Waals surface area contributed by atoms with Gasteiger partial charge in [0.05, 0.1) is 12.2 Å². The van der Waals surface area contributed by atoms with Gasteiger partial charge in [0.25, 0.3) is 0 Å². The van der Waals surface area contributed by atoms with Gasteiger partial charge in [0.1, 0.15) is 34.9 Å². The van der Waals surface area contributed by atoms with Gasteiger partial charge in [0.15, 0.2) is 6.61 Å². The smallest absolute Gasteiger partial charge is 0.344 e. The summed E-state index contributed by atoms with van der Waals surface area (Å²) in [5.74, 6) is -2.53. The van der Waals surface area contributed by atoms with Crippen molar-refractivity contribution in [3.63, 3.8) is 0 Å². The van der Waals surface area contributed by atoms with Crippen molar-refractivity contribution < 1.29 is 32.6 Å². The Morgan fingerprint density at radius 2 is 1.70 bits per heavy atom. The third-order valence-electron chi connectivity index (χ3n) is 7.01. The Bertz CT molecular complexity index is 1590. The Morgan fingerprint density at radius 3 is 2.37 bits per heavy atom. The van der Waals surface area contributed by atoms with E-state index in [1.54, 1.807) is 79.1 Å². The van der Waals surface area contributed by atoms with E-state index in [-0.39, 0.29) is 30.6 Å². The van der Waals surface area contributed by atoms with Gasteiger partial charge in [-0.1, -0.05) is 24.3 Å². The van der Waals surface area contributed by atoms with Crippen molar-refractivity contribution in [1.82, 2.24) is 10.2 Å². The zero-order valence-electron chi connectivity index (χ0n) is 25.9. The number of nitrogens with zero attached hydrogens (tertiary/aromatic N) is 2. The van der Waals surface area contributed by atoms with E-state index in [4.69, 9.17) is 20.6 Å². The highest BCUT2D eigenvalue weighted by molar-refractivity contribution is 5.96. The number of amidine groups is 1. The van der Waals surface area contributed by atoms with E-state index >= 15 is 0 Å². The summed E-state index contributed by atoms with van der Waals surface area (Å²) in [6, 6.07) is 15.7. The van der Waals surface area contributed by atoms with Crippen molar-refractivity contribution >= 4 is 35.0 Å². The number of nitrogens with two attached hydrogens (primary N) is 1. The molecule has 5 N–H and O–H groups in total. The molecular weight excluding hydrogens is 598 g/mol. The Morgan fingerprint density at radius 1 is 0.978 bits per heavy atom. The molecule has 0 spiro atoms. The van der Waals surface area contributed by atoms with Gasteiger partial charge < -0.3 is 35.6 Å². The number of benzene rings is 3. The summed E-state index contributed by atoms with van der Waals surface area (Å²) in [4.78, 5) is 42.1. The Balaban J connectivity index is 1.43. The standard InChI is InChI=1S/C33H38F2N6O5/c1-33(2,3)46-29(43)20-45-25-9-5-6-21(17-25)30(39-24-8-4-7-22(16-24)31(36)37)32(44)38-19-28(42)41-14-12-40(13-15-41)27-11-10-23(34)18-26(27)35/h4-11,16-18,30,39H,12-15,19-20H2,1-3H3,(H3,36,37)(H,38,44). The number of amides is 2. The molecule has 0 aliphatic carbocycles. The number of halogens is 2. The predicted octanol–water partition coefficient (Wildman–Crippen LogP) is 3.59. The van der Waals surface area contributed by atoms with Crippen molar-refractivity contribution in [2.75, 3.05) is 49.5 Å². The summed E-state index contributed by atoms with van der Waals surface area (Å²) in [6.45, 7) is 5.91. The van der Waals surface area contributed by atoms with Crippen molar-refractivity contribution in [2.45, 2.75) is 32.4 Å². The summed E-state index contributed by atoms with van der Waals surface area (Å²) < 4.78 is 38.5. The lowest BCUT2D eigenvalue weighted by atomic mass is 10.0. The number of ether oxygens (including phenoxy) is 2. The van der Waals surface area contributed by atoms with Crippen LogP contribution in [0.25, 0.3) is 0 Å². The molecule has 1 aliphatic heterocycles. The average Bonchev–Trinajstić information content (AvgIpc) is 3.01. The summed E-state index contributed by atoms with van der Waals surface area (Å²) in [5, 5.41) is 13.6. The number of esters is 1. The molecule has 1 saturated heterocycles. The summed E-state index contributed by atoms with van der Waals surface area (Å²) in [5.41, 5.74) is 6.68. The molecule has 1 aliphatic rings. The minimum absolute atomic E-state index is 0.143. The van der Waals surface area contributed by atoms with E-state index < -0.39 is 35.2 Å². The van der Waals surface area contributed by atoms with Crippen LogP contribution in [0.15, 0.2) is 66.7 Å². The summed E-state index contributed by atoms with van der Waals surface area (Å²) >= 11 is 0. The van der Waals surface area contributed by atoms with E-state index in [9.17, 15) is 23.2 Å². The van der Waals surface area contributed by atoms with Gasteiger partial charge in [-0.15, -0.1) is 0 Å². The molecule has 1 fully saturated rings. The molecule has 11 nitrogen and oxygen atoms in total. The highest BCUT2D eigenvalue weighted by Gasteiger charge is 2.26. The highest BCUT2D eigenvalue weighted by Crippen LogP contribution is 2.25. The zero-order chi connectivity index (χ0) is 33.4. The molecule has 13 heteroatoms. The Hall–Kier alpha value is -5.20. The lowest BCUT2D eigenvalue weighted by Gasteiger charge is -2.36. The number of carbonyl (C=O) groups excluding carboxylic acids is 3. The Labute approximate surface area is 266 Å². The molecule has 1 unspecified atom stereocenters. The maximum atomic E-state index is 14.2. The molecule has 0 saturated carbocycles. The first-order valence-corrected chi connectivity index (χ1v) is 14.7.